The van der Waals surface area contributed by atoms with Crippen molar-refractivity contribution in [3.05, 3.63) is 47.5 Å². The number of carbonyl (C=O) groups is 1. The molecule has 0 radical (unpaired) electrons. The van der Waals surface area contributed by atoms with Gasteiger partial charge in [0.15, 0.2) is 16.6 Å². The lowest BCUT2D eigenvalue weighted by molar-refractivity contribution is -0.132. The highest BCUT2D eigenvalue weighted by Gasteiger charge is 2.15. The van der Waals surface area contributed by atoms with E-state index < -0.39 is 5.97 Å². The van der Waals surface area contributed by atoms with Gasteiger partial charge in [-0.05, 0) is 43.4 Å². The maximum Gasteiger partial charge on any atom is 0.308 e. The van der Waals surface area contributed by atoms with Crippen LogP contribution in [0.25, 0.3) is 0 Å². The third kappa shape index (κ3) is 5.96. The molecule has 0 bridgehead atoms. The maximum absolute atomic E-state index is 11.3. The molecule has 0 aliphatic heterocycles. The molecule has 0 aromatic heterocycles. The van der Waals surface area contributed by atoms with Crippen LogP contribution in [-0.4, -0.2) is 31.5 Å². The quantitative estimate of drug-likeness (QED) is 0.259. The van der Waals surface area contributed by atoms with Gasteiger partial charge in [0.1, 0.15) is 0 Å². The second-order valence-electron chi connectivity index (χ2n) is 5.54. The molecule has 2 N–H and O–H groups in total. The minimum absolute atomic E-state index is 0.217. The Hall–Kier alpha value is -3.13. The van der Waals surface area contributed by atoms with Crippen LogP contribution in [0.4, 0.5) is 5.69 Å². The van der Waals surface area contributed by atoms with Crippen LogP contribution in [0.5, 0.6) is 17.2 Å². The van der Waals surface area contributed by atoms with Gasteiger partial charge in [-0.3, -0.25) is 10.2 Å². The average molecular weight is 387 g/mol. The number of methoxy groups -OCH3 is 2. The smallest absolute Gasteiger partial charge is 0.308 e. The summed E-state index contributed by atoms with van der Waals surface area (Å²) in [5, 5.41) is 7.48. The minimum Gasteiger partial charge on any atom is -0.493 e. The molecule has 0 atom stereocenters. The molecule has 0 saturated carbocycles. The standard InChI is InChI=1S/C19H21N3O4S/c1-12-5-7-15(8-6-12)21-19(27)22-20-11-14-9-16(24-3)18(26-13(2)23)17(10-14)25-4/h5-11H,1-4H3,(H2,21,22,27)/b20-11+. The first kappa shape index (κ1) is 20.2. The van der Waals surface area contributed by atoms with Crippen molar-refractivity contribution in [2.75, 3.05) is 19.5 Å². The van der Waals surface area contributed by atoms with Crippen LogP contribution in [0.1, 0.15) is 18.1 Å². The molecule has 0 spiro atoms. The van der Waals surface area contributed by atoms with Gasteiger partial charge < -0.3 is 19.5 Å². The van der Waals surface area contributed by atoms with Crippen molar-refractivity contribution in [3.8, 4) is 17.2 Å². The fourth-order valence-electron chi connectivity index (χ4n) is 2.18. The summed E-state index contributed by atoms with van der Waals surface area (Å²) in [7, 11) is 2.95. The molecule has 2 rings (SSSR count). The summed E-state index contributed by atoms with van der Waals surface area (Å²) in [6.07, 6.45) is 1.55. The predicted octanol–water partition coefficient (Wildman–Crippen LogP) is 3.26. The second-order valence-corrected chi connectivity index (χ2v) is 5.95. The Labute approximate surface area is 163 Å². The number of carbonyl (C=O) groups excluding carboxylic acids is 1. The van der Waals surface area contributed by atoms with E-state index in [-0.39, 0.29) is 5.75 Å². The Bertz CT molecular complexity index is 826. The van der Waals surface area contributed by atoms with Crippen molar-refractivity contribution < 1.29 is 19.0 Å². The topological polar surface area (TPSA) is 81.2 Å². The number of ether oxygens (including phenoxy) is 3. The molecule has 7 nitrogen and oxygen atoms in total. The van der Waals surface area contributed by atoms with Gasteiger partial charge in [-0.25, -0.2) is 0 Å². The van der Waals surface area contributed by atoms with Crippen molar-refractivity contribution >= 4 is 35.2 Å². The van der Waals surface area contributed by atoms with Crippen molar-refractivity contribution in [3.63, 3.8) is 0 Å². The van der Waals surface area contributed by atoms with E-state index in [0.717, 1.165) is 11.3 Å². The van der Waals surface area contributed by atoms with Crippen LogP contribution in [0.3, 0.4) is 0 Å². The number of nitrogens with zero attached hydrogens (tertiary/aromatic N) is 1. The number of hydrogen-bond donors (Lipinski definition) is 2. The van der Waals surface area contributed by atoms with Gasteiger partial charge in [-0.2, -0.15) is 5.10 Å². The normalized spacial score (nSPS) is 10.4. The summed E-state index contributed by atoms with van der Waals surface area (Å²) in [5.74, 6) is 0.453. The molecule has 8 heteroatoms. The Morgan fingerprint density at radius 3 is 2.22 bits per heavy atom. The predicted molar refractivity (Wildman–Crippen MR) is 109 cm³/mol. The molecule has 0 heterocycles. The second kappa shape index (κ2) is 9.54. The molecule has 0 aliphatic rings. The first-order valence-electron chi connectivity index (χ1n) is 8.04. The maximum atomic E-state index is 11.3. The lowest BCUT2D eigenvalue weighted by atomic mass is 10.2. The molecular formula is C19H21N3O4S. The van der Waals surface area contributed by atoms with Gasteiger partial charge in [-0.1, -0.05) is 17.7 Å². The van der Waals surface area contributed by atoms with E-state index in [4.69, 9.17) is 26.4 Å². The summed E-state index contributed by atoms with van der Waals surface area (Å²) in [6.45, 7) is 3.32. The first-order chi connectivity index (χ1) is 12.9. The van der Waals surface area contributed by atoms with Crippen molar-refractivity contribution in [1.29, 1.82) is 0 Å². The average Bonchev–Trinajstić information content (AvgIpc) is 2.64. The van der Waals surface area contributed by atoms with Gasteiger partial charge in [-0.15, -0.1) is 0 Å². The van der Waals surface area contributed by atoms with Crippen LogP contribution in [-0.2, 0) is 4.79 Å². The number of hydrogen-bond acceptors (Lipinski definition) is 6. The summed E-state index contributed by atoms with van der Waals surface area (Å²) >= 11 is 5.21. The van der Waals surface area contributed by atoms with E-state index in [1.165, 1.54) is 21.1 Å². The fourth-order valence-corrected chi connectivity index (χ4v) is 2.35. The third-order valence-electron chi connectivity index (χ3n) is 3.42. The number of benzene rings is 2. The number of hydrazone groups is 1. The molecule has 0 amide bonds. The number of esters is 1. The van der Waals surface area contributed by atoms with Crippen LogP contribution in [0.2, 0.25) is 0 Å². The summed E-state index contributed by atoms with van der Waals surface area (Å²) in [6, 6.07) is 11.2. The molecule has 0 saturated heterocycles. The summed E-state index contributed by atoms with van der Waals surface area (Å²) < 4.78 is 15.7. The number of nitrogens with one attached hydrogen (secondary N) is 2. The molecule has 142 valence electrons. The summed E-state index contributed by atoms with van der Waals surface area (Å²) in [5.41, 5.74) is 5.44. The molecule has 0 fully saturated rings. The number of aryl methyl sites for hydroxylation is 1. The molecule has 2 aromatic carbocycles. The van der Waals surface area contributed by atoms with Crippen molar-refractivity contribution in [2.45, 2.75) is 13.8 Å². The minimum atomic E-state index is -0.470. The fraction of sp³-hybridized carbons (Fsp3) is 0.211. The van der Waals surface area contributed by atoms with E-state index in [1.807, 2.05) is 31.2 Å². The number of rotatable bonds is 6. The zero-order chi connectivity index (χ0) is 19.8. The highest BCUT2D eigenvalue weighted by Crippen LogP contribution is 2.38. The van der Waals surface area contributed by atoms with E-state index in [2.05, 4.69) is 15.8 Å². The highest BCUT2D eigenvalue weighted by molar-refractivity contribution is 7.80. The van der Waals surface area contributed by atoms with Crippen LogP contribution >= 0.6 is 12.2 Å². The van der Waals surface area contributed by atoms with Crippen LogP contribution < -0.4 is 25.0 Å². The first-order valence-corrected chi connectivity index (χ1v) is 8.45. The van der Waals surface area contributed by atoms with Crippen molar-refractivity contribution in [1.82, 2.24) is 5.43 Å². The zero-order valence-electron chi connectivity index (χ0n) is 15.5. The van der Waals surface area contributed by atoms with E-state index in [9.17, 15) is 4.79 Å². The Balaban J connectivity index is 2.08. The Kier molecular flexibility index (Phi) is 7.13. The molecule has 27 heavy (non-hydrogen) atoms. The van der Waals surface area contributed by atoms with E-state index in [1.54, 1.807) is 18.3 Å². The number of thiocarbonyl (C=S) groups is 1. The largest absolute Gasteiger partial charge is 0.493 e. The lowest BCUT2D eigenvalue weighted by Crippen LogP contribution is -2.23. The van der Waals surface area contributed by atoms with Gasteiger partial charge in [0.05, 0.1) is 20.4 Å². The monoisotopic (exact) mass is 387 g/mol. The molecular weight excluding hydrogens is 366 g/mol. The van der Waals surface area contributed by atoms with Gasteiger partial charge in [0.25, 0.3) is 0 Å². The van der Waals surface area contributed by atoms with E-state index >= 15 is 0 Å². The van der Waals surface area contributed by atoms with Crippen LogP contribution in [0, 0.1) is 6.92 Å². The Morgan fingerprint density at radius 1 is 1.11 bits per heavy atom. The van der Waals surface area contributed by atoms with E-state index in [0.29, 0.717) is 22.2 Å². The highest BCUT2D eigenvalue weighted by atomic mass is 32.1. The molecule has 0 unspecified atom stereocenters. The number of anilines is 1. The van der Waals surface area contributed by atoms with Gasteiger partial charge >= 0.3 is 5.97 Å². The Morgan fingerprint density at radius 2 is 1.70 bits per heavy atom. The van der Waals surface area contributed by atoms with Crippen molar-refractivity contribution in [2.24, 2.45) is 5.10 Å². The molecule has 2 aromatic rings. The summed E-state index contributed by atoms with van der Waals surface area (Å²) in [4.78, 5) is 11.3. The lowest BCUT2D eigenvalue weighted by Gasteiger charge is -2.13. The zero-order valence-corrected chi connectivity index (χ0v) is 16.3. The SMILES string of the molecule is COc1cc(/C=N/NC(=S)Nc2ccc(C)cc2)cc(OC)c1OC(C)=O. The van der Waals surface area contributed by atoms with Gasteiger partial charge in [0, 0.05) is 18.2 Å². The van der Waals surface area contributed by atoms with Crippen LogP contribution in [0.15, 0.2) is 41.5 Å². The van der Waals surface area contributed by atoms with Gasteiger partial charge in [0.2, 0.25) is 5.75 Å². The molecule has 0 aliphatic carbocycles. The third-order valence-corrected chi connectivity index (χ3v) is 3.61.